The molecule has 2 fully saturated rings. The van der Waals surface area contributed by atoms with Crippen LogP contribution in [0, 0.1) is 5.92 Å². The average Bonchev–Trinajstić information content (AvgIpc) is 3.14. The molecule has 7 nitrogen and oxygen atoms in total. The summed E-state index contributed by atoms with van der Waals surface area (Å²) in [6.45, 7) is 0.634. The molecule has 1 saturated heterocycles. The summed E-state index contributed by atoms with van der Waals surface area (Å²) in [5.74, 6) is -0.580. The molecule has 150 valence electrons. The third-order valence-corrected chi connectivity index (χ3v) is 9.07. The molecule has 1 saturated carbocycles. The molecule has 0 bridgehead atoms. The minimum absolute atomic E-state index is 0.156. The molecular weight excluding hydrogens is 418 g/mol. The zero-order valence-corrected chi connectivity index (χ0v) is 17.5. The zero-order chi connectivity index (χ0) is 19.7. The van der Waals surface area contributed by atoms with Crippen molar-refractivity contribution in [1.29, 1.82) is 0 Å². The fourth-order valence-electron chi connectivity index (χ4n) is 3.19. The molecule has 2 aromatic rings. The first-order valence-electron chi connectivity index (χ1n) is 9.18. The molecular formula is C18H21N3O4S3. The van der Waals surface area contributed by atoms with Gasteiger partial charge in [-0.3, -0.25) is 9.59 Å². The van der Waals surface area contributed by atoms with Crippen LogP contribution < -0.4 is 10.6 Å². The highest BCUT2D eigenvalue weighted by Crippen LogP contribution is 2.29. The zero-order valence-electron chi connectivity index (χ0n) is 15.1. The second kappa shape index (κ2) is 7.94. The average molecular weight is 440 g/mol. The number of sulfonamides is 1. The molecule has 2 N–H and O–H groups in total. The van der Waals surface area contributed by atoms with Gasteiger partial charge in [0.2, 0.25) is 5.91 Å². The highest BCUT2D eigenvalue weighted by atomic mass is 32.2. The van der Waals surface area contributed by atoms with E-state index < -0.39 is 10.0 Å². The van der Waals surface area contributed by atoms with E-state index in [0.29, 0.717) is 40.7 Å². The molecule has 0 unspecified atom stereocenters. The summed E-state index contributed by atoms with van der Waals surface area (Å²) in [4.78, 5) is 24.9. The summed E-state index contributed by atoms with van der Waals surface area (Å²) in [7, 11) is -3.47. The van der Waals surface area contributed by atoms with Crippen molar-refractivity contribution in [3.8, 4) is 0 Å². The van der Waals surface area contributed by atoms with Gasteiger partial charge in [-0.2, -0.15) is 4.31 Å². The highest BCUT2D eigenvalue weighted by molar-refractivity contribution is 7.91. The Morgan fingerprint density at radius 2 is 1.79 bits per heavy atom. The Balaban J connectivity index is 1.35. The predicted molar refractivity (Wildman–Crippen MR) is 109 cm³/mol. The van der Waals surface area contributed by atoms with Crippen molar-refractivity contribution >= 4 is 49.5 Å². The van der Waals surface area contributed by atoms with Crippen molar-refractivity contribution < 1.29 is 18.0 Å². The van der Waals surface area contributed by atoms with Gasteiger partial charge in [0.1, 0.15) is 9.21 Å². The van der Waals surface area contributed by atoms with Crippen LogP contribution in [0.5, 0.6) is 0 Å². The minimum Gasteiger partial charge on any atom is -0.349 e. The van der Waals surface area contributed by atoms with Crippen molar-refractivity contribution in [1.82, 2.24) is 9.62 Å². The van der Waals surface area contributed by atoms with Crippen LogP contribution in [0.1, 0.15) is 36.0 Å². The quantitative estimate of drug-likeness (QED) is 0.723. The Kier molecular flexibility index (Phi) is 5.55. The van der Waals surface area contributed by atoms with Crippen molar-refractivity contribution in [2.24, 2.45) is 5.92 Å². The van der Waals surface area contributed by atoms with E-state index in [9.17, 15) is 18.0 Å². The lowest BCUT2D eigenvalue weighted by molar-refractivity contribution is -0.120. The van der Waals surface area contributed by atoms with Crippen LogP contribution >= 0.6 is 22.7 Å². The lowest BCUT2D eigenvalue weighted by atomic mass is 9.97. The van der Waals surface area contributed by atoms with Crippen LogP contribution in [-0.2, 0) is 14.8 Å². The molecule has 0 aromatic carbocycles. The molecule has 10 heteroatoms. The molecule has 28 heavy (non-hydrogen) atoms. The fraction of sp³-hybridized carbons (Fsp3) is 0.444. The summed E-state index contributed by atoms with van der Waals surface area (Å²) in [5.41, 5.74) is 0.489. The van der Waals surface area contributed by atoms with Crippen molar-refractivity contribution in [3.63, 3.8) is 0 Å². The molecule has 0 radical (unpaired) electrons. The second-order valence-electron chi connectivity index (χ2n) is 7.01. The first-order chi connectivity index (χ1) is 13.4. The first kappa shape index (κ1) is 19.6. The van der Waals surface area contributed by atoms with Crippen LogP contribution in [0.15, 0.2) is 33.2 Å². The van der Waals surface area contributed by atoms with E-state index in [2.05, 4.69) is 10.6 Å². The smallest absolute Gasteiger partial charge is 0.254 e. The Bertz CT molecular complexity index is 956. The fourth-order valence-corrected chi connectivity index (χ4v) is 6.59. The lowest BCUT2D eigenvalue weighted by Gasteiger charge is -2.30. The number of nitrogens with one attached hydrogen (secondary N) is 2. The minimum atomic E-state index is -3.47. The number of anilines is 1. The number of amides is 2. The van der Waals surface area contributed by atoms with Crippen LogP contribution in [0.3, 0.4) is 0 Å². The molecule has 2 amide bonds. The summed E-state index contributed by atoms with van der Waals surface area (Å²) in [6, 6.07) is 5.29. The molecule has 2 aromatic heterocycles. The molecule has 0 spiro atoms. The van der Waals surface area contributed by atoms with Crippen molar-refractivity contribution in [3.05, 3.63) is 34.5 Å². The number of rotatable bonds is 6. The SMILES string of the molecule is O=C(NC1CC1)c1ccsc1NC(=O)C1CCN(S(=O)(=O)c2cccs2)CC1. The number of thiophene rings is 2. The van der Waals surface area contributed by atoms with Crippen LogP contribution in [0.25, 0.3) is 0 Å². The normalized spacial score (nSPS) is 18.7. The molecule has 1 aliphatic carbocycles. The van der Waals surface area contributed by atoms with Gasteiger partial charge in [0.05, 0.1) is 5.56 Å². The van der Waals surface area contributed by atoms with Gasteiger partial charge in [-0.25, -0.2) is 8.42 Å². The molecule has 3 heterocycles. The number of carbonyl (C=O) groups excluding carboxylic acids is 2. The van der Waals surface area contributed by atoms with Crippen molar-refractivity contribution in [2.45, 2.75) is 35.9 Å². The second-order valence-corrected chi connectivity index (χ2v) is 11.0. The first-order valence-corrected chi connectivity index (χ1v) is 12.4. The van der Waals surface area contributed by atoms with E-state index in [1.807, 2.05) is 0 Å². The van der Waals surface area contributed by atoms with Gasteiger partial charge >= 0.3 is 0 Å². The predicted octanol–water partition coefficient (Wildman–Crippen LogP) is 2.74. The standard InChI is InChI=1S/C18H21N3O4S3/c22-16(20-18-14(7-11-27-18)17(23)19-13-3-4-13)12-5-8-21(9-6-12)28(24,25)15-2-1-10-26-15/h1-2,7,10-13H,3-6,8-9H2,(H,19,23)(H,20,22). The van der Waals surface area contributed by atoms with Gasteiger partial charge in [-0.05, 0) is 48.6 Å². The van der Waals surface area contributed by atoms with Gasteiger partial charge in [-0.1, -0.05) is 6.07 Å². The highest BCUT2D eigenvalue weighted by Gasteiger charge is 2.33. The maximum absolute atomic E-state index is 12.7. The molecule has 1 aliphatic heterocycles. The van der Waals surface area contributed by atoms with E-state index in [1.165, 1.54) is 27.0 Å². The maximum Gasteiger partial charge on any atom is 0.254 e. The number of hydrogen-bond donors (Lipinski definition) is 2. The van der Waals surface area contributed by atoms with Gasteiger partial charge in [0.15, 0.2) is 0 Å². The number of piperidine rings is 1. The largest absolute Gasteiger partial charge is 0.349 e. The van der Waals surface area contributed by atoms with Gasteiger partial charge < -0.3 is 10.6 Å². The third-order valence-electron chi connectivity index (χ3n) is 4.97. The van der Waals surface area contributed by atoms with E-state index >= 15 is 0 Å². The van der Waals surface area contributed by atoms with Crippen LogP contribution in [0.2, 0.25) is 0 Å². The lowest BCUT2D eigenvalue weighted by Crippen LogP contribution is -2.41. The summed E-state index contributed by atoms with van der Waals surface area (Å²) in [5, 5.41) is 9.88. The number of hydrogen-bond acceptors (Lipinski definition) is 6. The number of nitrogens with zero attached hydrogens (tertiary/aromatic N) is 1. The summed E-state index contributed by atoms with van der Waals surface area (Å²) in [6.07, 6.45) is 2.94. The Hall–Kier alpha value is -1.75. The number of carbonyl (C=O) groups is 2. The topological polar surface area (TPSA) is 95.6 Å². The summed E-state index contributed by atoms with van der Waals surface area (Å²) < 4.78 is 27.0. The molecule has 2 aliphatic rings. The van der Waals surface area contributed by atoms with Gasteiger partial charge in [0, 0.05) is 25.0 Å². The Morgan fingerprint density at radius 1 is 1.04 bits per heavy atom. The van der Waals surface area contributed by atoms with Gasteiger partial charge in [0.25, 0.3) is 15.9 Å². The maximum atomic E-state index is 12.7. The van der Waals surface area contributed by atoms with E-state index in [4.69, 9.17) is 0 Å². The third kappa shape index (κ3) is 4.14. The Labute approximate surface area is 171 Å². The van der Waals surface area contributed by atoms with Crippen LogP contribution in [0.4, 0.5) is 5.00 Å². The molecule has 4 rings (SSSR count). The van der Waals surface area contributed by atoms with Crippen LogP contribution in [-0.4, -0.2) is 43.7 Å². The summed E-state index contributed by atoms with van der Waals surface area (Å²) >= 11 is 2.52. The van der Waals surface area contributed by atoms with Crippen molar-refractivity contribution in [2.75, 3.05) is 18.4 Å². The van der Waals surface area contributed by atoms with E-state index in [0.717, 1.165) is 12.8 Å². The van der Waals surface area contributed by atoms with Gasteiger partial charge in [-0.15, -0.1) is 22.7 Å². The van der Waals surface area contributed by atoms with E-state index in [1.54, 1.807) is 29.0 Å². The van der Waals surface area contributed by atoms with E-state index in [-0.39, 0.29) is 23.8 Å². The Morgan fingerprint density at radius 3 is 2.43 bits per heavy atom. The monoisotopic (exact) mass is 439 g/mol. The molecule has 0 atom stereocenters.